The van der Waals surface area contributed by atoms with E-state index in [1.807, 2.05) is 45.0 Å². The molecule has 2 atom stereocenters. The molecule has 2 heterocycles. The summed E-state index contributed by atoms with van der Waals surface area (Å²) in [5.41, 5.74) is -0.355. The molecule has 27 heavy (non-hydrogen) atoms. The molecular formula is C21H28ClNO4. The number of hydrogen-bond donors (Lipinski definition) is 0. The number of piperidine rings is 1. The largest absolute Gasteiger partial charge is 0.454 e. The van der Waals surface area contributed by atoms with E-state index in [9.17, 15) is 9.59 Å². The highest BCUT2D eigenvalue weighted by Crippen LogP contribution is 2.46. The molecule has 0 aromatic heterocycles. The van der Waals surface area contributed by atoms with Crippen LogP contribution in [0.4, 0.5) is 4.79 Å². The maximum absolute atomic E-state index is 12.6. The van der Waals surface area contributed by atoms with Crippen molar-refractivity contribution in [2.75, 3.05) is 13.1 Å². The lowest BCUT2D eigenvalue weighted by molar-refractivity contribution is -0.181. The number of likely N-dealkylation sites (tertiary alicyclic amines) is 1. The predicted molar refractivity (Wildman–Crippen MR) is 104 cm³/mol. The van der Waals surface area contributed by atoms with E-state index in [1.54, 1.807) is 4.90 Å². The van der Waals surface area contributed by atoms with Crippen molar-refractivity contribution in [3.63, 3.8) is 0 Å². The van der Waals surface area contributed by atoms with Gasteiger partial charge in [-0.25, -0.2) is 4.79 Å². The van der Waals surface area contributed by atoms with Gasteiger partial charge in [0.15, 0.2) is 0 Å². The van der Waals surface area contributed by atoms with Crippen molar-refractivity contribution >= 4 is 23.7 Å². The van der Waals surface area contributed by atoms with Gasteiger partial charge in [-0.2, -0.15) is 0 Å². The number of halogens is 1. The van der Waals surface area contributed by atoms with Crippen LogP contribution < -0.4 is 0 Å². The minimum atomic E-state index is -0.735. The van der Waals surface area contributed by atoms with E-state index in [1.165, 1.54) is 0 Å². The molecule has 0 aliphatic carbocycles. The Balaban J connectivity index is 1.88. The maximum Gasteiger partial charge on any atom is 0.410 e. The van der Waals surface area contributed by atoms with E-state index >= 15 is 0 Å². The van der Waals surface area contributed by atoms with Crippen LogP contribution in [-0.2, 0) is 19.9 Å². The first kappa shape index (κ1) is 20.0. The summed E-state index contributed by atoms with van der Waals surface area (Å²) in [7, 11) is 0. The molecule has 1 aromatic carbocycles. The van der Waals surface area contributed by atoms with Gasteiger partial charge in [0.1, 0.15) is 11.2 Å². The van der Waals surface area contributed by atoms with E-state index in [-0.39, 0.29) is 18.0 Å². The number of rotatable bonds is 2. The Morgan fingerprint density at radius 2 is 2.11 bits per heavy atom. The Kier molecular flexibility index (Phi) is 5.71. The number of cyclic esters (lactones) is 1. The highest BCUT2D eigenvalue weighted by molar-refractivity contribution is 6.30. The fourth-order valence-corrected chi connectivity index (χ4v) is 4.32. The van der Waals surface area contributed by atoms with E-state index in [0.717, 1.165) is 31.2 Å². The lowest BCUT2D eigenvalue weighted by atomic mass is 9.73. The molecule has 0 spiro atoms. The second-order valence-corrected chi connectivity index (χ2v) is 8.93. The summed E-state index contributed by atoms with van der Waals surface area (Å²) in [4.78, 5) is 26.5. The zero-order valence-corrected chi connectivity index (χ0v) is 17.1. The fraction of sp³-hybridized carbons (Fsp3) is 0.619. The second-order valence-electron chi connectivity index (χ2n) is 8.49. The number of amides is 1. The summed E-state index contributed by atoms with van der Waals surface area (Å²) in [6.45, 7) is 6.76. The summed E-state index contributed by atoms with van der Waals surface area (Å²) in [6.07, 6.45) is 3.38. The number of nitrogens with zero attached hydrogens (tertiary/aromatic N) is 1. The number of carbonyl (C=O) groups is 2. The highest BCUT2D eigenvalue weighted by atomic mass is 35.5. The van der Waals surface area contributed by atoms with Crippen LogP contribution in [0.3, 0.4) is 0 Å². The van der Waals surface area contributed by atoms with Gasteiger partial charge in [0, 0.05) is 30.5 Å². The number of carbonyl (C=O) groups excluding carboxylic acids is 2. The average molecular weight is 394 g/mol. The molecule has 0 saturated carbocycles. The van der Waals surface area contributed by atoms with E-state index in [2.05, 4.69) is 0 Å². The summed E-state index contributed by atoms with van der Waals surface area (Å²) >= 11 is 6.23. The Morgan fingerprint density at radius 3 is 2.78 bits per heavy atom. The Morgan fingerprint density at radius 1 is 1.33 bits per heavy atom. The lowest BCUT2D eigenvalue weighted by Crippen LogP contribution is -2.52. The van der Waals surface area contributed by atoms with Gasteiger partial charge < -0.3 is 14.4 Å². The maximum atomic E-state index is 12.6. The minimum absolute atomic E-state index is 0.0153. The van der Waals surface area contributed by atoms with Crippen molar-refractivity contribution in [2.45, 2.75) is 64.1 Å². The van der Waals surface area contributed by atoms with Crippen molar-refractivity contribution in [2.24, 2.45) is 5.92 Å². The highest BCUT2D eigenvalue weighted by Gasteiger charge is 2.48. The van der Waals surface area contributed by atoms with Crippen LogP contribution in [0.2, 0.25) is 5.02 Å². The van der Waals surface area contributed by atoms with E-state index in [4.69, 9.17) is 21.1 Å². The molecule has 0 unspecified atom stereocenters. The lowest BCUT2D eigenvalue weighted by Gasteiger charge is -2.47. The average Bonchev–Trinajstić information content (AvgIpc) is 2.60. The van der Waals surface area contributed by atoms with Crippen LogP contribution in [-0.4, -0.2) is 35.7 Å². The molecule has 2 saturated heterocycles. The van der Waals surface area contributed by atoms with Crippen LogP contribution in [0.25, 0.3) is 0 Å². The second kappa shape index (κ2) is 7.70. The zero-order valence-electron chi connectivity index (χ0n) is 16.3. The van der Waals surface area contributed by atoms with E-state index in [0.29, 0.717) is 24.5 Å². The van der Waals surface area contributed by atoms with Gasteiger partial charge in [0.2, 0.25) is 0 Å². The summed E-state index contributed by atoms with van der Waals surface area (Å²) < 4.78 is 11.6. The van der Waals surface area contributed by atoms with Crippen LogP contribution in [0, 0.1) is 5.92 Å². The number of benzene rings is 1. The van der Waals surface area contributed by atoms with Gasteiger partial charge in [-0.1, -0.05) is 23.7 Å². The molecule has 1 amide bonds. The van der Waals surface area contributed by atoms with Gasteiger partial charge in [-0.05, 0) is 64.2 Å². The molecule has 2 aliphatic heterocycles. The molecule has 0 bridgehead atoms. The summed E-state index contributed by atoms with van der Waals surface area (Å²) in [5.74, 6) is -0.169. The number of esters is 1. The van der Waals surface area contributed by atoms with Crippen LogP contribution in [0.15, 0.2) is 24.3 Å². The quantitative estimate of drug-likeness (QED) is 0.670. The molecule has 5 nitrogen and oxygen atoms in total. The standard InChI is InChI=1S/C21H28ClNO4/c1-20(2,3)27-19(25)23-12-6-8-16(14-23)21(11-5-10-18(24)26-21)15-7-4-9-17(22)13-15/h4,7,9,13,16H,5-6,8,10-12,14H2,1-3H3/t16-,21-/m1/s1. The molecule has 0 radical (unpaired) electrons. The Bertz CT molecular complexity index is 714. The molecule has 0 N–H and O–H groups in total. The smallest absolute Gasteiger partial charge is 0.410 e. The Labute approximate surface area is 166 Å². The zero-order chi connectivity index (χ0) is 19.7. The van der Waals surface area contributed by atoms with Crippen LogP contribution in [0.1, 0.15) is 58.4 Å². The molecule has 148 valence electrons. The molecule has 6 heteroatoms. The first-order chi connectivity index (χ1) is 12.7. The van der Waals surface area contributed by atoms with Gasteiger partial charge in [0.05, 0.1) is 0 Å². The first-order valence-corrected chi connectivity index (χ1v) is 10.0. The third-order valence-corrected chi connectivity index (χ3v) is 5.51. The van der Waals surface area contributed by atoms with Crippen molar-refractivity contribution in [3.8, 4) is 0 Å². The fourth-order valence-electron chi connectivity index (χ4n) is 4.13. The van der Waals surface area contributed by atoms with Gasteiger partial charge in [-0.15, -0.1) is 0 Å². The molecule has 2 fully saturated rings. The number of hydrogen-bond acceptors (Lipinski definition) is 4. The van der Waals surface area contributed by atoms with Gasteiger partial charge in [0.25, 0.3) is 0 Å². The van der Waals surface area contributed by atoms with Crippen LogP contribution >= 0.6 is 11.6 Å². The van der Waals surface area contributed by atoms with Crippen molar-refractivity contribution in [1.29, 1.82) is 0 Å². The molecule has 1 aromatic rings. The summed E-state index contributed by atoms with van der Waals surface area (Å²) in [6, 6.07) is 7.55. The van der Waals surface area contributed by atoms with Crippen molar-refractivity contribution < 1.29 is 19.1 Å². The Hall–Kier alpha value is -1.75. The van der Waals surface area contributed by atoms with Crippen molar-refractivity contribution in [1.82, 2.24) is 4.90 Å². The SMILES string of the molecule is CC(C)(C)OC(=O)N1CCC[C@@H]([C@]2(c3cccc(Cl)c3)CCCC(=O)O2)C1. The van der Waals surface area contributed by atoms with E-state index < -0.39 is 11.2 Å². The minimum Gasteiger partial charge on any atom is -0.454 e. The monoisotopic (exact) mass is 393 g/mol. The number of ether oxygens (including phenoxy) is 2. The molecule has 3 rings (SSSR count). The molecular weight excluding hydrogens is 366 g/mol. The normalized spacial score (nSPS) is 26.4. The van der Waals surface area contributed by atoms with Crippen molar-refractivity contribution in [3.05, 3.63) is 34.9 Å². The molecule has 2 aliphatic rings. The van der Waals surface area contributed by atoms with Gasteiger partial charge >= 0.3 is 12.1 Å². The topological polar surface area (TPSA) is 55.8 Å². The predicted octanol–water partition coefficient (Wildman–Crippen LogP) is 4.91. The van der Waals surface area contributed by atoms with Gasteiger partial charge in [-0.3, -0.25) is 4.79 Å². The first-order valence-electron chi connectivity index (χ1n) is 9.65. The summed E-state index contributed by atoms with van der Waals surface area (Å²) in [5, 5.41) is 0.619. The third-order valence-electron chi connectivity index (χ3n) is 5.27. The third kappa shape index (κ3) is 4.57. The van der Waals surface area contributed by atoms with Crippen LogP contribution in [0.5, 0.6) is 0 Å².